The number of carbonyl (C=O) groups excluding carboxylic acids is 1. The number of aromatic nitrogens is 4. The van der Waals surface area contributed by atoms with Crippen LogP contribution in [0, 0.1) is 0 Å². The van der Waals surface area contributed by atoms with Crippen molar-refractivity contribution in [3.63, 3.8) is 0 Å². The molecule has 0 bridgehead atoms. The molecular weight excluding hydrogens is 448 g/mol. The number of amides is 1. The molecule has 9 heteroatoms. The average Bonchev–Trinajstić information content (AvgIpc) is 3.15. The van der Waals surface area contributed by atoms with Crippen LogP contribution in [0.25, 0.3) is 0 Å². The second-order valence-electron chi connectivity index (χ2n) is 7.00. The Hall–Kier alpha value is -3.04. The molecule has 0 radical (unpaired) electrons. The molecule has 0 fully saturated rings. The van der Waals surface area contributed by atoms with E-state index in [-0.39, 0.29) is 18.6 Å². The van der Waals surface area contributed by atoms with Gasteiger partial charge in [-0.05, 0) is 43.2 Å². The molecule has 2 aromatic heterocycles. The van der Waals surface area contributed by atoms with Crippen LogP contribution in [0.2, 0.25) is 0 Å². The lowest BCUT2D eigenvalue weighted by Gasteiger charge is -2.24. The summed E-state index contributed by atoms with van der Waals surface area (Å²) in [5, 5.41) is 18.6. The number of halogens is 1. The minimum Gasteiger partial charge on any atom is -0.396 e. The Morgan fingerprint density at radius 3 is 2.80 bits per heavy atom. The highest BCUT2D eigenvalue weighted by molar-refractivity contribution is 9.10. The van der Waals surface area contributed by atoms with Gasteiger partial charge in [0.2, 0.25) is 5.82 Å². The molecule has 0 saturated heterocycles. The number of benzene rings is 1. The largest absolute Gasteiger partial charge is 0.416 e. The van der Waals surface area contributed by atoms with Gasteiger partial charge in [0.1, 0.15) is 0 Å². The first kappa shape index (κ1) is 20.2. The number of aryl methyl sites for hydroxylation is 1. The first-order valence-electron chi connectivity index (χ1n) is 9.62. The molecule has 8 nitrogen and oxygen atoms in total. The average molecular weight is 470 g/mol. The number of nitrogens with zero attached hydrogens (tertiary/aromatic N) is 3. The number of allylic oxidation sites excluding steroid dienone is 1. The monoisotopic (exact) mass is 469 g/mol. The summed E-state index contributed by atoms with van der Waals surface area (Å²) in [5.41, 5.74) is 2.88. The van der Waals surface area contributed by atoms with Gasteiger partial charge in [0.05, 0.1) is 23.2 Å². The number of hydrogen-bond acceptors (Lipinski definition) is 5. The van der Waals surface area contributed by atoms with E-state index in [1.807, 2.05) is 35.9 Å². The van der Waals surface area contributed by atoms with Crippen molar-refractivity contribution in [2.24, 2.45) is 0 Å². The fraction of sp³-hybridized carbons (Fsp3) is 0.238. The van der Waals surface area contributed by atoms with E-state index in [1.54, 1.807) is 24.5 Å². The van der Waals surface area contributed by atoms with Crippen molar-refractivity contribution in [2.45, 2.75) is 25.8 Å². The Kier molecular flexibility index (Phi) is 5.91. The number of rotatable bonds is 6. The van der Waals surface area contributed by atoms with Crippen LogP contribution in [-0.4, -0.2) is 32.7 Å². The number of carbonyl (C=O) groups is 1. The van der Waals surface area contributed by atoms with Gasteiger partial charge >= 0.3 is 5.95 Å². The molecule has 1 atom stereocenters. The maximum Gasteiger partial charge on any atom is 0.416 e. The number of fused-ring (bicyclic) bond motifs is 1. The summed E-state index contributed by atoms with van der Waals surface area (Å²) in [4.78, 5) is 22.0. The number of aliphatic hydroxyl groups excluding tert-OH is 1. The Morgan fingerprint density at radius 2 is 2.10 bits per heavy atom. The van der Waals surface area contributed by atoms with Crippen molar-refractivity contribution in [1.29, 1.82) is 0 Å². The lowest BCUT2D eigenvalue weighted by atomic mass is 9.95. The summed E-state index contributed by atoms with van der Waals surface area (Å²) < 4.78 is 2.82. The zero-order chi connectivity index (χ0) is 21.1. The van der Waals surface area contributed by atoms with E-state index in [1.165, 1.54) is 0 Å². The van der Waals surface area contributed by atoms with Gasteiger partial charge in [-0.25, -0.2) is 10.4 Å². The van der Waals surface area contributed by atoms with Crippen LogP contribution in [0.1, 0.15) is 30.8 Å². The van der Waals surface area contributed by atoms with Crippen LogP contribution in [0.3, 0.4) is 0 Å². The third-order valence-electron chi connectivity index (χ3n) is 4.87. The molecule has 154 valence electrons. The first-order chi connectivity index (χ1) is 14.6. The molecule has 1 aromatic carbocycles. The topological polar surface area (TPSA) is 107 Å². The molecule has 1 aliphatic rings. The van der Waals surface area contributed by atoms with E-state index < -0.39 is 0 Å². The molecule has 4 rings (SSSR count). The smallest absolute Gasteiger partial charge is 0.396 e. The SMILES string of the molecule is CC1=C(C(=O)Nc2cccnc2)C(c2ccc(Br)cc2)[n+]2[nH]c(CCCO)nc2N1. The van der Waals surface area contributed by atoms with E-state index >= 15 is 0 Å². The number of aromatic amines is 1. The zero-order valence-electron chi connectivity index (χ0n) is 16.4. The van der Waals surface area contributed by atoms with Crippen LogP contribution in [0.5, 0.6) is 0 Å². The molecule has 0 spiro atoms. The number of hydrogen-bond donors (Lipinski definition) is 4. The minimum absolute atomic E-state index is 0.0929. The number of aliphatic hydroxyl groups is 1. The highest BCUT2D eigenvalue weighted by Gasteiger charge is 2.39. The summed E-state index contributed by atoms with van der Waals surface area (Å²) in [6, 6.07) is 11.1. The molecule has 1 amide bonds. The quantitative estimate of drug-likeness (QED) is 0.415. The molecule has 30 heavy (non-hydrogen) atoms. The van der Waals surface area contributed by atoms with Crippen LogP contribution in [0.4, 0.5) is 11.6 Å². The van der Waals surface area contributed by atoms with Crippen LogP contribution >= 0.6 is 15.9 Å². The molecule has 4 N–H and O–H groups in total. The predicted molar refractivity (Wildman–Crippen MR) is 116 cm³/mol. The Labute approximate surface area is 182 Å². The van der Waals surface area contributed by atoms with Gasteiger partial charge in [0.25, 0.3) is 5.91 Å². The van der Waals surface area contributed by atoms with Crippen molar-refractivity contribution >= 4 is 33.5 Å². The van der Waals surface area contributed by atoms with E-state index in [0.717, 1.165) is 21.6 Å². The highest BCUT2D eigenvalue weighted by atomic mass is 79.9. The lowest BCUT2D eigenvalue weighted by Crippen LogP contribution is -2.50. The normalized spacial score (nSPS) is 15.5. The summed E-state index contributed by atoms with van der Waals surface area (Å²) in [7, 11) is 0. The van der Waals surface area contributed by atoms with Gasteiger partial charge < -0.3 is 10.4 Å². The molecule has 3 heterocycles. The highest BCUT2D eigenvalue weighted by Crippen LogP contribution is 2.31. The van der Waals surface area contributed by atoms with E-state index in [4.69, 9.17) is 5.11 Å². The molecule has 1 aliphatic heterocycles. The number of H-pyrrole nitrogens is 1. The minimum atomic E-state index is -0.388. The third-order valence-corrected chi connectivity index (χ3v) is 5.40. The Bertz CT molecular complexity index is 1080. The van der Waals surface area contributed by atoms with Gasteiger partial charge in [-0.2, -0.15) is 0 Å². The molecule has 1 unspecified atom stereocenters. The van der Waals surface area contributed by atoms with Gasteiger partial charge in [-0.15, -0.1) is 4.68 Å². The van der Waals surface area contributed by atoms with Crippen molar-refractivity contribution in [1.82, 2.24) is 15.1 Å². The Balaban J connectivity index is 1.75. The van der Waals surface area contributed by atoms with Crippen molar-refractivity contribution in [2.75, 3.05) is 17.2 Å². The summed E-state index contributed by atoms with van der Waals surface area (Å²) in [6.07, 6.45) is 4.49. The lowest BCUT2D eigenvalue weighted by molar-refractivity contribution is -0.747. The van der Waals surface area contributed by atoms with Crippen molar-refractivity contribution in [3.8, 4) is 0 Å². The summed E-state index contributed by atoms with van der Waals surface area (Å²) >= 11 is 3.47. The standard InChI is InChI=1S/C21H21BrN6O2/c1-13-18(20(30)25-16-4-2-10-23-12-16)19(14-6-8-15(22)9-7-14)28-21(24-13)26-17(27-28)5-3-11-29/h2,4,6-10,12,19,29H,3,5,11H2,1H3,(H2,24,25,26,27,30)/p+1. The third kappa shape index (κ3) is 4.12. The van der Waals surface area contributed by atoms with Crippen LogP contribution in [0.15, 0.2) is 64.5 Å². The van der Waals surface area contributed by atoms with E-state index in [9.17, 15) is 4.79 Å². The molecule has 0 saturated carbocycles. The fourth-order valence-corrected chi connectivity index (χ4v) is 3.76. The van der Waals surface area contributed by atoms with Crippen molar-refractivity contribution < 1.29 is 14.6 Å². The zero-order valence-corrected chi connectivity index (χ0v) is 18.0. The van der Waals surface area contributed by atoms with Crippen molar-refractivity contribution in [3.05, 3.63) is 75.9 Å². The van der Waals surface area contributed by atoms with Gasteiger partial charge in [-0.1, -0.05) is 33.0 Å². The maximum absolute atomic E-state index is 13.3. The first-order valence-corrected chi connectivity index (χ1v) is 10.4. The molecule has 0 aliphatic carbocycles. The Morgan fingerprint density at radius 1 is 1.30 bits per heavy atom. The maximum atomic E-state index is 13.3. The van der Waals surface area contributed by atoms with Crippen LogP contribution in [-0.2, 0) is 11.2 Å². The second-order valence-corrected chi connectivity index (χ2v) is 7.92. The number of anilines is 2. The molecule has 3 aromatic rings. The van der Waals surface area contributed by atoms with E-state index in [0.29, 0.717) is 30.1 Å². The van der Waals surface area contributed by atoms with E-state index in [2.05, 4.69) is 41.6 Å². The number of pyridine rings is 1. The predicted octanol–water partition coefficient (Wildman–Crippen LogP) is 2.71. The summed E-state index contributed by atoms with van der Waals surface area (Å²) in [6.45, 7) is 1.96. The van der Waals surface area contributed by atoms with Gasteiger partial charge in [-0.3, -0.25) is 9.78 Å². The fourth-order valence-electron chi connectivity index (χ4n) is 3.49. The summed E-state index contributed by atoms with van der Waals surface area (Å²) in [5.74, 6) is 1.16. The number of nitrogens with one attached hydrogen (secondary N) is 3. The second kappa shape index (κ2) is 8.76. The molecular formula is C21H22BrN6O2+. The van der Waals surface area contributed by atoms with Gasteiger partial charge in [0.15, 0.2) is 6.04 Å². The van der Waals surface area contributed by atoms with Gasteiger partial charge in [0, 0.05) is 23.7 Å². The van der Waals surface area contributed by atoms with Crippen LogP contribution < -0.4 is 15.3 Å².